The van der Waals surface area contributed by atoms with Gasteiger partial charge in [0.1, 0.15) is 6.61 Å². The molecule has 5 nitrogen and oxygen atoms in total. The Bertz CT molecular complexity index is 598. The zero-order chi connectivity index (χ0) is 21.5. The summed E-state index contributed by atoms with van der Waals surface area (Å²) in [7, 11) is 0. The van der Waals surface area contributed by atoms with Gasteiger partial charge in [-0.2, -0.15) is 0 Å². The van der Waals surface area contributed by atoms with Crippen LogP contribution in [0, 0.1) is 5.92 Å². The van der Waals surface area contributed by atoms with Crippen molar-refractivity contribution in [2.75, 3.05) is 6.61 Å². The molecule has 0 radical (unpaired) electrons. The van der Waals surface area contributed by atoms with Crippen molar-refractivity contribution in [3.8, 4) is 0 Å². The van der Waals surface area contributed by atoms with E-state index >= 15 is 0 Å². The van der Waals surface area contributed by atoms with Crippen molar-refractivity contribution in [1.29, 1.82) is 0 Å². The fourth-order valence-electron chi connectivity index (χ4n) is 2.76. The summed E-state index contributed by atoms with van der Waals surface area (Å²) in [4.78, 5) is 23.3. The molecule has 0 saturated carbocycles. The minimum absolute atomic E-state index is 0.172. The second kappa shape index (κ2) is 14.7. The molecule has 2 heterocycles. The van der Waals surface area contributed by atoms with E-state index in [0.29, 0.717) is 11.3 Å². The van der Waals surface area contributed by atoms with Gasteiger partial charge < -0.3 is 15.2 Å². The number of esters is 2. The van der Waals surface area contributed by atoms with Gasteiger partial charge in [0.25, 0.3) is 0 Å². The van der Waals surface area contributed by atoms with Gasteiger partial charge in [-0.15, -0.1) is 0 Å². The lowest BCUT2D eigenvalue weighted by atomic mass is 9.95. The molecule has 2 aliphatic rings. The van der Waals surface area contributed by atoms with Gasteiger partial charge in [-0.05, 0) is 24.1 Å². The molecular formula is C23H37NO4. The number of nitrogens with two attached hydrogens (primary N) is 1. The van der Waals surface area contributed by atoms with Crippen molar-refractivity contribution in [3.63, 3.8) is 0 Å². The third-order valence-corrected chi connectivity index (χ3v) is 4.19. The smallest absolute Gasteiger partial charge is 0.348 e. The third kappa shape index (κ3) is 7.75. The molecule has 2 N–H and O–H groups in total. The summed E-state index contributed by atoms with van der Waals surface area (Å²) in [5.41, 5.74) is 7.59. The van der Waals surface area contributed by atoms with E-state index in [2.05, 4.69) is 20.4 Å². The van der Waals surface area contributed by atoms with Gasteiger partial charge in [0.2, 0.25) is 6.10 Å². The second-order valence-electron chi connectivity index (χ2n) is 6.29. The van der Waals surface area contributed by atoms with Crippen LogP contribution in [0.25, 0.3) is 0 Å². The molecule has 2 aliphatic heterocycles. The predicted molar refractivity (Wildman–Crippen MR) is 114 cm³/mol. The summed E-state index contributed by atoms with van der Waals surface area (Å²) in [6.07, 6.45) is 12.3. The van der Waals surface area contributed by atoms with Crippen molar-refractivity contribution in [3.05, 3.63) is 47.7 Å². The number of hydrogen-bond acceptors (Lipinski definition) is 5. The maximum Gasteiger partial charge on any atom is 0.348 e. The lowest BCUT2D eigenvalue weighted by molar-refractivity contribution is -0.154. The minimum atomic E-state index is -0.804. The SMILES string of the molecule is C=C\C=C(N)/C(=C\CC)/C=C1\C(=O)O[C@H]2C(=O)OC[C@@H]12.CC.CCCCCC. The predicted octanol–water partition coefficient (Wildman–Crippen LogP) is 4.99. The van der Waals surface area contributed by atoms with Gasteiger partial charge in [-0.1, -0.05) is 79.0 Å². The molecule has 0 bridgehead atoms. The van der Waals surface area contributed by atoms with Crippen LogP contribution < -0.4 is 5.73 Å². The highest BCUT2D eigenvalue weighted by Gasteiger charge is 2.50. The summed E-state index contributed by atoms with van der Waals surface area (Å²) in [6.45, 7) is 14.2. The molecule has 2 rings (SSSR count). The van der Waals surface area contributed by atoms with Crippen molar-refractivity contribution in [1.82, 2.24) is 0 Å². The number of cyclic esters (lactones) is 1. The van der Waals surface area contributed by atoms with Crippen LogP contribution in [-0.2, 0) is 19.1 Å². The molecular weight excluding hydrogens is 354 g/mol. The van der Waals surface area contributed by atoms with Crippen LogP contribution in [0.15, 0.2) is 47.7 Å². The minimum Gasteiger partial charge on any atom is -0.462 e. The number of ether oxygens (including phenoxy) is 2. The zero-order valence-corrected chi connectivity index (χ0v) is 18.1. The normalized spacial score (nSPS) is 22.4. The first kappa shape index (κ1) is 25.7. The van der Waals surface area contributed by atoms with Crippen LogP contribution in [0.3, 0.4) is 0 Å². The summed E-state index contributed by atoms with van der Waals surface area (Å²) in [6, 6.07) is 0. The highest BCUT2D eigenvalue weighted by molar-refractivity contribution is 5.97. The van der Waals surface area contributed by atoms with Crippen LogP contribution in [0.5, 0.6) is 0 Å². The highest BCUT2D eigenvalue weighted by atomic mass is 16.6. The van der Waals surface area contributed by atoms with E-state index in [1.807, 2.05) is 26.8 Å². The number of carbonyl (C=O) groups excluding carboxylic acids is 2. The highest BCUT2D eigenvalue weighted by Crippen LogP contribution is 2.34. The molecule has 5 heteroatoms. The first-order valence-corrected chi connectivity index (χ1v) is 10.4. The van der Waals surface area contributed by atoms with Gasteiger partial charge >= 0.3 is 11.9 Å². The zero-order valence-electron chi connectivity index (χ0n) is 18.1. The summed E-state index contributed by atoms with van der Waals surface area (Å²) >= 11 is 0. The van der Waals surface area contributed by atoms with Crippen LogP contribution in [-0.4, -0.2) is 24.6 Å². The first-order valence-electron chi connectivity index (χ1n) is 10.4. The molecule has 0 aromatic rings. The maximum atomic E-state index is 11.8. The van der Waals surface area contributed by atoms with Crippen LogP contribution in [0.2, 0.25) is 0 Å². The molecule has 0 aromatic heterocycles. The monoisotopic (exact) mass is 391 g/mol. The molecule has 0 amide bonds. The molecule has 2 fully saturated rings. The average Bonchev–Trinajstić information content (AvgIpc) is 3.21. The fraction of sp³-hybridized carbons (Fsp3) is 0.565. The largest absolute Gasteiger partial charge is 0.462 e. The number of carbonyl (C=O) groups is 2. The Morgan fingerprint density at radius 1 is 1.18 bits per heavy atom. The topological polar surface area (TPSA) is 78.6 Å². The number of allylic oxidation sites excluding steroid dienone is 4. The van der Waals surface area contributed by atoms with Gasteiger partial charge in [0.15, 0.2) is 0 Å². The molecule has 158 valence electrons. The number of unbranched alkanes of at least 4 members (excludes halogenated alkanes) is 3. The van der Waals surface area contributed by atoms with E-state index in [9.17, 15) is 9.59 Å². The summed E-state index contributed by atoms with van der Waals surface area (Å²) in [5.74, 6) is -1.31. The summed E-state index contributed by atoms with van der Waals surface area (Å²) in [5, 5.41) is 0. The number of fused-ring (bicyclic) bond motifs is 1. The van der Waals surface area contributed by atoms with E-state index in [0.717, 1.165) is 12.0 Å². The Balaban J connectivity index is 0.000000780. The average molecular weight is 392 g/mol. The first-order chi connectivity index (χ1) is 13.5. The van der Waals surface area contributed by atoms with E-state index in [1.165, 1.54) is 25.7 Å². The molecule has 2 atom stereocenters. The fourth-order valence-corrected chi connectivity index (χ4v) is 2.76. The molecule has 0 unspecified atom stereocenters. The van der Waals surface area contributed by atoms with Gasteiger partial charge in [-0.3, -0.25) is 0 Å². The van der Waals surface area contributed by atoms with E-state index in [-0.39, 0.29) is 12.5 Å². The summed E-state index contributed by atoms with van der Waals surface area (Å²) < 4.78 is 9.95. The standard InChI is InChI=1S/C15H17NO4.C6H14.C2H6/c1-3-5-9(12(16)6-4-2)7-10-11-8-19-15(18)13(11)20-14(10)17;1-3-5-6-4-2;1-2/h4-7,11,13H,2-3,8,16H2,1H3;3-6H2,1-2H3;1-2H3/b9-5-,10-7-,12-6+;;/t11-,13+;;/m0../s1. The second-order valence-corrected chi connectivity index (χ2v) is 6.29. The van der Waals surface area contributed by atoms with Gasteiger partial charge in [0, 0.05) is 11.3 Å². The molecule has 0 spiro atoms. The number of hydrogen-bond donors (Lipinski definition) is 1. The molecule has 0 aliphatic carbocycles. The third-order valence-electron chi connectivity index (χ3n) is 4.19. The van der Waals surface area contributed by atoms with Crippen LogP contribution >= 0.6 is 0 Å². The van der Waals surface area contributed by atoms with E-state index in [4.69, 9.17) is 15.2 Å². The van der Waals surface area contributed by atoms with E-state index in [1.54, 1.807) is 18.2 Å². The van der Waals surface area contributed by atoms with Gasteiger partial charge in [-0.25, -0.2) is 9.59 Å². The molecule has 2 saturated heterocycles. The van der Waals surface area contributed by atoms with E-state index < -0.39 is 18.0 Å². The maximum absolute atomic E-state index is 11.8. The van der Waals surface area contributed by atoms with Crippen molar-refractivity contribution in [2.24, 2.45) is 11.7 Å². The molecule has 28 heavy (non-hydrogen) atoms. The van der Waals surface area contributed by atoms with Crippen LogP contribution in [0.4, 0.5) is 0 Å². The molecule has 0 aromatic carbocycles. The Morgan fingerprint density at radius 3 is 2.29 bits per heavy atom. The number of rotatable bonds is 7. The quantitative estimate of drug-likeness (QED) is 0.286. The van der Waals surface area contributed by atoms with Crippen molar-refractivity contribution in [2.45, 2.75) is 72.8 Å². The van der Waals surface area contributed by atoms with Crippen molar-refractivity contribution >= 4 is 11.9 Å². The lowest BCUT2D eigenvalue weighted by Gasteiger charge is -2.05. The van der Waals surface area contributed by atoms with Crippen LogP contribution in [0.1, 0.15) is 66.7 Å². The Hall–Kier alpha value is -2.30. The van der Waals surface area contributed by atoms with Crippen molar-refractivity contribution < 1.29 is 19.1 Å². The Morgan fingerprint density at radius 2 is 1.79 bits per heavy atom. The Kier molecular flexibility index (Phi) is 13.5. The lowest BCUT2D eigenvalue weighted by Crippen LogP contribution is -2.18. The van der Waals surface area contributed by atoms with Gasteiger partial charge in [0.05, 0.1) is 5.92 Å². The Labute approximate surface area is 170 Å².